The Morgan fingerprint density at radius 1 is 1.00 bits per heavy atom. The SMILES string of the molecule is COc1ccc(C2CC(c3ccc4ccccc4c3)=NN2C(=O)CN2C(=O)CNC2=O)cc1OC. The van der Waals surface area contributed by atoms with E-state index in [9.17, 15) is 14.4 Å². The van der Waals surface area contributed by atoms with E-state index in [2.05, 4.69) is 10.4 Å². The normalized spacial score (nSPS) is 17.5. The predicted octanol–water partition coefficient (Wildman–Crippen LogP) is 3.09. The number of methoxy groups -OCH3 is 2. The average molecular weight is 473 g/mol. The molecule has 0 spiro atoms. The molecule has 3 aromatic carbocycles. The van der Waals surface area contributed by atoms with Crippen LogP contribution in [0.1, 0.15) is 23.6 Å². The summed E-state index contributed by atoms with van der Waals surface area (Å²) in [6.45, 7) is -0.500. The van der Waals surface area contributed by atoms with Crippen LogP contribution in [0, 0.1) is 0 Å². The lowest BCUT2D eigenvalue weighted by Gasteiger charge is -2.24. The van der Waals surface area contributed by atoms with Crippen LogP contribution in [0.5, 0.6) is 11.5 Å². The molecule has 0 bridgehead atoms. The minimum absolute atomic E-state index is 0.114. The van der Waals surface area contributed by atoms with Crippen molar-refractivity contribution in [2.24, 2.45) is 5.10 Å². The summed E-state index contributed by atoms with van der Waals surface area (Å²) in [5, 5.41) is 10.7. The van der Waals surface area contributed by atoms with E-state index in [0.29, 0.717) is 17.9 Å². The third-order valence-corrected chi connectivity index (χ3v) is 6.27. The summed E-state index contributed by atoms with van der Waals surface area (Å²) in [5.41, 5.74) is 2.44. The number of urea groups is 1. The number of nitrogens with one attached hydrogen (secondary N) is 1. The standard InChI is InChI=1S/C26H24N4O5/c1-34-22-10-9-19(12-23(22)35-2)21-13-20(18-8-7-16-5-3-4-6-17(16)11-18)28-30(21)25(32)15-29-24(31)14-27-26(29)33/h3-12,21H,13-15H2,1-2H3,(H,27,33). The molecule has 9 heteroatoms. The van der Waals surface area contributed by atoms with Gasteiger partial charge in [0, 0.05) is 6.42 Å². The third-order valence-electron chi connectivity index (χ3n) is 6.27. The molecule has 1 fully saturated rings. The molecule has 2 aliphatic rings. The van der Waals surface area contributed by atoms with Crippen LogP contribution in [-0.4, -0.2) is 60.8 Å². The van der Waals surface area contributed by atoms with Gasteiger partial charge in [-0.1, -0.05) is 42.5 Å². The minimum atomic E-state index is -0.580. The van der Waals surface area contributed by atoms with Gasteiger partial charge in [0.15, 0.2) is 11.5 Å². The van der Waals surface area contributed by atoms with Crippen molar-refractivity contribution in [1.29, 1.82) is 0 Å². The lowest BCUT2D eigenvalue weighted by Crippen LogP contribution is -2.41. The van der Waals surface area contributed by atoms with Crippen LogP contribution in [0.3, 0.4) is 0 Å². The summed E-state index contributed by atoms with van der Waals surface area (Å²) in [7, 11) is 3.11. The Morgan fingerprint density at radius 2 is 1.77 bits per heavy atom. The molecule has 1 N–H and O–H groups in total. The van der Waals surface area contributed by atoms with E-state index in [1.165, 1.54) is 5.01 Å². The fourth-order valence-electron chi connectivity index (χ4n) is 4.43. The lowest BCUT2D eigenvalue weighted by molar-refractivity contribution is -0.137. The van der Waals surface area contributed by atoms with Crippen LogP contribution < -0.4 is 14.8 Å². The Balaban J connectivity index is 1.51. The fourth-order valence-corrected chi connectivity index (χ4v) is 4.43. The second kappa shape index (κ2) is 9.09. The van der Waals surface area contributed by atoms with Gasteiger partial charge in [0.1, 0.15) is 6.54 Å². The first-order valence-corrected chi connectivity index (χ1v) is 11.2. The molecule has 0 aliphatic carbocycles. The maximum Gasteiger partial charge on any atom is 0.325 e. The van der Waals surface area contributed by atoms with Crippen molar-refractivity contribution < 1.29 is 23.9 Å². The van der Waals surface area contributed by atoms with Crippen LogP contribution >= 0.6 is 0 Å². The molecule has 1 saturated heterocycles. The van der Waals surface area contributed by atoms with E-state index in [0.717, 1.165) is 32.5 Å². The van der Waals surface area contributed by atoms with Crippen LogP contribution in [-0.2, 0) is 9.59 Å². The van der Waals surface area contributed by atoms with E-state index >= 15 is 0 Å². The topological polar surface area (TPSA) is 101 Å². The van der Waals surface area contributed by atoms with Gasteiger partial charge in [0.05, 0.1) is 32.5 Å². The van der Waals surface area contributed by atoms with Crippen LogP contribution in [0.15, 0.2) is 65.8 Å². The summed E-state index contributed by atoms with van der Waals surface area (Å²) >= 11 is 0. The highest BCUT2D eigenvalue weighted by Gasteiger charge is 2.37. The molecule has 2 aliphatic heterocycles. The first kappa shape index (κ1) is 22.4. The van der Waals surface area contributed by atoms with E-state index in [-0.39, 0.29) is 13.1 Å². The molecule has 35 heavy (non-hydrogen) atoms. The fraction of sp³-hybridized carbons (Fsp3) is 0.231. The van der Waals surface area contributed by atoms with E-state index in [1.54, 1.807) is 20.3 Å². The van der Waals surface area contributed by atoms with Gasteiger partial charge in [-0.3, -0.25) is 14.5 Å². The number of carbonyl (C=O) groups is 3. The quantitative estimate of drug-likeness (QED) is 0.556. The number of hydrogen-bond donors (Lipinski definition) is 1. The van der Waals surface area contributed by atoms with Crippen molar-refractivity contribution in [2.75, 3.05) is 27.3 Å². The van der Waals surface area contributed by atoms with Crippen molar-refractivity contribution in [3.05, 3.63) is 71.8 Å². The molecule has 178 valence electrons. The molecular formula is C26H24N4O5. The molecule has 3 aromatic rings. The van der Waals surface area contributed by atoms with Crippen molar-refractivity contribution in [3.8, 4) is 11.5 Å². The van der Waals surface area contributed by atoms with E-state index < -0.39 is 23.9 Å². The molecule has 0 aromatic heterocycles. The number of carbonyl (C=O) groups excluding carboxylic acids is 3. The summed E-state index contributed by atoms with van der Waals surface area (Å²) in [6.07, 6.45) is 0.458. The minimum Gasteiger partial charge on any atom is -0.493 e. The van der Waals surface area contributed by atoms with Crippen molar-refractivity contribution in [2.45, 2.75) is 12.5 Å². The van der Waals surface area contributed by atoms with Gasteiger partial charge >= 0.3 is 6.03 Å². The van der Waals surface area contributed by atoms with Gasteiger partial charge in [0.25, 0.3) is 11.8 Å². The Labute approximate surface area is 201 Å². The molecule has 0 saturated carbocycles. The van der Waals surface area contributed by atoms with E-state index in [4.69, 9.17) is 9.47 Å². The molecule has 4 amide bonds. The van der Waals surface area contributed by atoms with Crippen LogP contribution in [0.2, 0.25) is 0 Å². The number of hydrogen-bond acceptors (Lipinski definition) is 6. The van der Waals surface area contributed by atoms with E-state index in [1.807, 2.05) is 54.6 Å². The second-order valence-corrected chi connectivity index (χ2v) is 8.32. The zero-order chi connectivity index (χ0) is 24.5. The summed E-state index contributed by atoms with van der Waals surface area (Å²) < 4.78 is 10.8. The summed E-state index contributed by atoms with van der Waals surface area (Å²) in [6, 6.07) is 18.5. The number of hydrazone groups is 1. The smallest absolute Gasteiger partial charge is 0.325 e. The summed E-state index contributed by atoms with van der Waals surface area (Å²) in [4.78, 5) is 38.3. The van der Waals surface area contributed by atoms with Crippen molar-refractivity contribution in [1.82, 2.24) is 15.2 Å². The molecule has 9 nitrogen and oxygen atoms in total. The molecule has 5 rings (SSSR count). The summed E-state index contributed by atoms with van der Waals surface area (Å²) in [5.74, 6) is 0.211. The van der Waals surface area contributed by atoms with Gasteiger partial charge in [-0.25, -0.2) is 9.80 Å². The van der Waals surface area contributed by atoms with Gasteiger partial charge in [-0.2, -0.15) is 5.10 Å². The highest BCUT2D eigenvalue weighted by molar-refractivity contribution is 6.07. The highest BCUT2D eigenvalue weighted by atomic mass is 16.5. The van der Waals surface area contributed by atoms with Gasteiger partial charge in [-0.15, -0.1) is 0 Å². The first-order valence-electron chi connectivity index (χ1n) is 11.2. The predicted molar refractivity (Wildman–Crippen MR) is 129 cm³/mol. The second-order valence-electron chi connectivity index (χ2n) is 8.32. The Morgan fingerprint density at radius 3 is 2.49 bits per heavy atom. The van der Waals surface area contributed by atoms with Crippen LogP contribution in [0.4, 0.5) is 4.79 Å². The highest BCUT2D eigenvalue weighted by Crippen LogP contribution is 2.37. The number of amides is 4. The number of ether oxygens (including phenoxy) is 2. The number of benzene rings is 3. The number of nitrogens with zero attached hydrogens (tertiary/aromatic N) is 3. The Hall–Kier alpha value is -4.40. The zero-order valence-electron chi connectivity index (χ0n) is 19.4. The molecular weight excluding hydrogens is 448 g/mol. The maximum atomic E-state index is 13.3. The molecule has 0 radical (unpaired) electrons. The lowest BCUT2D eigenvalue weighted by atomic mass is 9.96. The Kier molecular flexibility index (Phi) is 5.82. The first-order chi connectivity index (χ1) is 17.0. The average Bonchev–Trinajstić information content (AvgIpc) is 3.47. The maximum absolute atomic E-state index is 13.3. The molecule has 1 atom stereocenters. The van der Waals surface area contributed by atoms with Gasteiger partial charge < -0.3 is 14.8 Å². The van der Waals surface area contributed by atoms with Crippen molar-refractivity contribution in [3.63, 3.8) is 0 Å². The zero-order valence-corrected chi connectivity index (χ0v) is 19.4. The van der Waals surface area contributed by atoms with Crippen LogP contribution in [0.25, 0.3) is 10.8 Å². The largest absolute Gasteiger partial charge is 0.493 e. The van der Waals surface area contributed by atoms with Crippen molar-refractivity contribution >= 4 is 34.3 Å². The number of imide groups is 1. The monoisotopic (exact) mass is 472 g/mol. The number of rotatable bonds is 6. The number of fused-ring (bicyclic) bond motifs is 1. The van der Waals surface area contributed by atoms with Gasteiger partial charge in [-0.05, 0) is 40.1 Å². The molecule has 1 unspecified atom stereocenters. The molecule has 2 heterocycles. The van der Waals surface area contributed by atoms with Gasteiger partial charge in [0.2, 0.25) is 0 Å². The third kappa shape index (κ3) is 4.16. The Bertz CT molecular complexity index is 1350.